The van der Waals surface area contributed by atoms with Crippen LogP contribution in [0.15, 0.2) is 340 Å². The molecule has 0 saturated heterocycles. The Kier molecular flexibility index (Phi) is 12.3. The molecule has 3 heterocycles. The zero-order valence-electron chi connectivity index (χ0n) is 48.3. The third-order valence-electron chi connectivity index (χ3n) is 18.2. The highest BCUT2D eigenvalue weighted by atomic mass is 15.2. The molecule has 0 bridgehead atoms. The van der Waals surface area contributed by atoms with Gasteiger partial charge in [-0.05, 0) is 121 Å². The molecule has 2 aliphatic heterocycles. The van der Waals surface area contributed by atoms with Crippen LogP contribution in [0, 0.1) is 0 Å². The lowest BCUT2D eigenvalue weighted by Gasteiger charge is -2.46. The number of fused-ring (bicyclic) bond motifs is 7. The first-order chi connectivity index (χ1) is 43.7. The van der Waals surface area contributed by atoms with Gasteiger partial charge in [0, 0.05) is 61.5 Å². The highest BCUT2D eigenvalue weighted by Crippen LogP contribution is 2.54. The predicted molar refractivity (Wildman–Crippen MR) is 373 cm³/mol. The van der Waals surface area contributed by atoms with Gasteiger partial charge >= 0.3 is 0 Å². The largest absolute Gasteiger partial charge is 0.310 e. The van der Waals surface area contributed by atoms with Crippen molar-refractivity contribution in [2.45, 2.75) is 0 Å². The molecule has 1 aromatic heterocycles. The Morgan fingerprint density at radius 2 is 0.534 bits per heavy atom. The SMILES string of the molecule is c1ccc(-c2ccc3c(c2)B2c4cc(-c5ccccc5)ccc4N(c4c(-c5ccccc5)cccc4-c4ccccc4)c4cc(-c5ccc(-n6c7ccccc7c7ccccc76)cc5)cc(c42)N3c2c(-c3ccccc3)cccc2-c2ccccc2)cc1. The van der Waals surface area contributed by atoms with Crippen molar-refractivity contribution in [1.29, 1.82) is 0 Å². The second kappa shape index (κ2) is 21.3. The molecule has 88 heavy (non-hydrogen) atoms. The number of nitrogens with zero attached hydrogens (tertiary/aromatic N) is 3. The van der Waals surface area contributed by atoms with Crippen molar-refractivity contribution in [2.75, 3.05) is 9.80 Å². The Balaban J connectivity index is 1.02. The van der Waals surface area contributed by atoms with E-state index in [0.717, 1.165) is 95.4 Å². The molecule has 14 aromatic carbocycles. The number of hydrogen-bond acceptors (Lipinski definition) is 2. The first-order valence-corrected chi connectivity index (χ1v) is 30.4. The van der Waals surface area contributed by atoms with Crippen LogP contribution in [0.25, 0.3) is 105 Å². The van der Waals surface area contributed by atoms with Crippen LogP contribution in [0.1, 0.15) is 0 Å². The summed E-state index contributed by atoms with van der Waals surface area (Å²) in [5, 5.41) is 2.49. The van der Waals surface area contributed by atoms with Gasteiger partial charge in [-0.1, -0.05) is 291 Å². The summed E-state index contributed by atoms with van der Waals surface area (Å²) < 4.78 is 2.41. The van der Waals surface area contributed by atoms with Crippen LogP contribution in [-0.2, 0) is 0 Å². The van der Waals surface area contributed by atoms with Gasteiger partial charge in [0.05, 0.1) is 22.4 Å². The molecule has 0 spiro atoms. The minimum absolute atomic E-state index is 0.199. The lowest BCUT2D eigenvalue weighted by Crippen LogP contribution is -2.61. The lowest BCUT2D eigenvalue weighted by molar-refractivity contribution is 1.18. The van der Waals surface area contributed by atoms with Crippen molar-refractivity contribution >= 4 is 79.0 Å². The molecular formula is C84H56BN3. The van der Waals surface area contributed by atoms with Gasteiger partial charge in [-0.3, -0.25) is 0 Å². The summed E-state index contributed by atoms with van der Waals surface area (Å²) in [7, 11) is 0. The predicted octanol–water partition coefficient (Wildman–Crippen LogP) is 20.5. The van der Waals surface area contributed by atoms with Crippen molar-refractivity contribution < 1.29 is 0 Å². The van der Waals surface area contributed by atoms with Gasteiger partial charge in [-0.15, -0.1) is 0 Å². The molecule has 0 fully saturated rings. The Hall–Kier alpha value is -11.5. The van der Waals surface area contributed by atoms with E-state index in [0.29, 0.717) is 0 Å². The van der Waals surface area contributed by atoms with E-state index >= 15 is 0 Å². The average molecular weight is 1120 g/mol. The molecule has 17 rings (SSSR count). The molecule has 0 aliphatic carbocycles. The monoisotopic (exact) mass is 1120 g/mol. The topological polar surface area (TPSA) is 11.4 Å². The second-order valence-corrected chi connectivity index (χ2v) is 23.1. The molecule has 0 N–H and O–H groups in total. The summed E-state index contributed by atoms with van der Waals surface area (Å²) in [5.41, 5.74) is 30.1. The van der Waals surface area contributed by atoms with Crippen molar-refractivity contribution in [1.82, 2.24) is 4.57 Å². The van der Waals surface area contributed by atoms with Crippen LogP contribution >= 0.6 is 0 Å². The third kappa shape index (κ3) is 8.44. The third-order valence-corrected chi connectivity index (χ3v) is 18.2. The number of hydrogen-bond donors (Lipinski definition) is 0. The van der Waals surface area contributed by atoms with E-state index < -0.39 is 0 Å². The van der Waals surface area contributed by atoms with E-state index in [1.807, 2.05) is 0 Å². The fourth-order valence-electron chi connectivity index (χ4n) is 14.2. The van der Waals surface area contributed by atoms with Gasteiger partial charge in [-0.25, -0.2) is 0 Å². The summed E-state index contributed by atoms with van der Waals surface area (Å²) in [5.74, 6) is 0. The maximum absolute atomic E-state index is 2.64. The van der Waals surface area contributed by atoms with Crippen LogP contribution in [0.3, 0.4) is 0 Å². The molecule has 15 aromatic rings. The fourth-order valence-corrected chi connectivity index (χ4v) is 14.2. The first-order valence-electron chi connectivity index (χ1n) is 30.4. The van der Waals surface area contributed by atoms with Gasteiger partial charge < -0.3 is 14.4 Å². The van der Waals surface area contributed by atoms with Crippen LogP contribution in [0.5, 0.6) is 0 Å². The normalized spacial score (nSPS) is 12.2. The molecule has 0 radical (unpaired) electrons. The first kappa shape index (κ1) is 51.0. The molecule has 0 saturated carbocycles. The second-order valence-electron chi connectivity index (χ2n) is 23.1. The minimum atomic E-state index is -0.199. The van der Waals surface area contributed by atoms with Gasteiger partial charge in [-0.2, -0.15) is 0 Å². The quantitative estimate of drug-likeness (QED) is 0.126. The molecule has 2 aliphatic rings. The Bertz CT molecular complexity index is 4710. The van der Waals surface area contributed by atoms with E-state index in [1.165, 1.54) is 60.4 Å². The summed E-state index contributed by atoms with van der Waals surface area (Å²) >= 11 is 0. The molecule has 410 valence electrons. The van der Waals surface area contributed by atoms with Crippen LogP contribution in [-0.4, -0.2) is 11.3 Å². The Morgan fingerprint density at radius 1 is 0.216 bits per heavy atom. The van der Waals surface area contributed by atoms with Crippen molar-refractivity contribution in [3.05, 3.63) is 340 Å². The van der Waals surface area contributed by atoms with Crippen LogP contribution in [0.4, 0.5) is 34.1 Å². The Morgan fingerprint density at radius 3 is 0.909 bits per heavy atom. The molecule has 4 heteroatoms. The van der Waals surface area contributed by atoms with Gasteiger partial charge in [0.15, 0.2) is 0 Å². The number of rotatable bonds is 10. The molecular weight excluding hydrogens is 1060 g/mol. The van der Waals surface area contributed by atoms with E-state index in [9.17, 15) is 0 Å². The molecule has 0 atom stereocenters. The summed E-state index contributed by atoms with van der Waals surface area (Å²) in [4.78, 5) is 5.29. The smallest absolute Gasteiger partial charge is 0.252 e. The van der Waals surface area contributed by atoms with Crippen molar-refractivity contribution in [3.8, 4) is 83.6 Å². The zero-order valence-corrected chi connectivity index (χ0v) is 48.3. The van der Waals surface area contributed by atoms with E-state index in [1.54, 1.807) is 0 Å². The summed E-state index contributed by atoms with van der Waals surface area (Å²) in [6.45, 7) is -0.199. The molecule has 0 unspecified atom stereocenters. The van der Waals surface area contributed by atoms with Gasteiger partial charge in [0.25, 0.3) is 6.71 Å². The van der Waals surface area contributed by atoms with Crippen LogP contribution in [0.2, 0.25) is 0 Å². The highest BCUT2D eigenvalue weighted by Gasteiger charge is 2.45. The average Bonchev–Trinajstić information content (AvgIpc) is 0.875. The van der Waals surface area contributed by atoms with E-state index in [-0.39, 0.29) is 6.71 Å². The summed E-state index contributed by atoms with van der Waals surface area (Å²) in [6.07, 6.45) is 0. The highest BCUT2D eigenvalue weighted by molar-refractivity contribution is 7.00. The standard InChI is InChI=1S/C84H56BN3/c1-7-25-57(26-8-1)64-47-51-78-74(53-64)85-75-54-65(58-27-9-2-10-28-58)48-52-79(75)88(84-70(62-33-15-5-16-34-62)41-24-42-71(84)63-35-17-6-18-36-63)81-56-66(59-45-49-67(50-46-59)86-76-43-21-19-37-72(76)73-38-20-22-44-77(73)86)55-80(82(81)85)87(78)83-68(60-29-11-3-12-30-60)39-23-40-69(83)61-31-13-4-14-32-61/h1-56H. The fraction of sp³-hybridized carbons (Fsp3) is 0. The minimum Gasteiger partial charge on any atom is -0.310 e. The maximum Gasteiger partial charge on any atom is 0.252 e. The number of benzene rings is 14. The molecule has 0 amide bonds. The maximum atomic E-state index is 2.64. The van der Waals surface area contributed by atoms with Gasteiger partial charge in [0.1, 0.15) is 0 Å². The van der Waals surface area contributed by atoms with Gasteiger partial charge in [0.2, 0.25) is 0 Å². The summed E-state index contributed by atoms with van der Waals surface area (Å²) in [6, 6.07) is 126. The lowest BCUT2D eigenvalue weighted by atomic mass is 9.33. The zero-order chi connectivity index (χ0) is 58.1. The Labute approximate surface area is 513 Å². The van der Waals surface area contributed by atoms with E-state index in [4.69, 9.17) is 0 Å². The number of anilines is 6. The van der Waals surface area contributed by atoms with Crippen LogP contribution < -0.4 is 26.2 Å². The van der Waals surface area contributed by atoms with Crippen molar-refractivity contribution in [2.24, 2.45) is 0 Å². The number of para-hydroxylation sites is 4. The van der Waals surface area contributed by atoms with Crippen molar-refractivity contribution in [3.63, 3.8) is 0 Å². The number of aromatic nitrogens is 1. The van der Waals surface area contributed by atoms with E-state index in [2.05, 4.69) is 354 Å². The molecule has 3 nitrogen and oxygen atoms in total.